The third-order valence-corrected chi connectivity index (χ3v) is 2.47. The van der Waals surface area contributed by atoms with Gasteiger partial charge in [0.2, 0.25) is 0 Å². The Morgan fingerprint density at radius 2 is 2.15 bits per heavy atom. The van der Waals surface area contributed by atoms with Crippen LogP contribution < -0.4 is 15.5 Å². The Labute approximate surface area is 116 Å². The normalized spacial score (nSPS) is 10.4. The van der Waals surface area contributed by atoms with Crippen molar-refractivity contribution in [3.05, 3.63) is 48.4 Å². The molecule has 2 aromatic rings. The summed E-state index contributed by atoms with van der Waals surface area (Å²) in [4.78, 5) is 11.5. The van der Waals surface area contributed by atoms with Gasteiger partial charge in [0, 0.05) is 5.69 Å². The van der Waals surface area contributed by atoms with Crippen LogP contribution in [0.4, 0.5) is 5.69 Å². The number of benzene rings is 1. The number of carbonyl (C=O) groups is 1. The lowest BCUT2D eigenvalue weighted by molar-refractivity contribution is -0.119. The number of anilines is 1. The van der Waals surface area contributed by atoms with Crippen molar-refractivity contribution < 1.29 is 13.9 Å². The molecular formula is C14H15N3O3. The summed E-state index contributed by atoms with van der Waals surface area (Å²) in [6.07, 6.45) is 2.97. The van der Waals surface area contributed by atoms with E-state index in [1.165, 1.54) is 12.5 Å². The molecule has 0 radical (unpaired) electrons. The molecule has 0 saturated heterocycles. The molecule has 0 aliphatic rings. The van der Waals surface area contributed by atoms with E-state index in [-0.39, 0.29) is 12.5 Å². The minimum atomic E-state index is -0.247. The molecule has 6 heteroatoms. The summed E-state index contributed by atoms with van der Waals surface area (Å²) in [7, 11) is 1.60. The van der Waals surface area contributed by atoms with E-state index in [0.29, 0.717) is 5.76 Å². The average Bonchev–Trinajstić information content (AvgIpc) is 2.99. The van der Waals surface area contributed by atoms with E-state index < -0.39 is 0 Å². The number of methoxy groups -OCH3 is 1. The fraction of sp³-hybridized carbons (Fsp3) is 0.143. The predicted molar refractivity (Wildman–Crippen MR) is 75.9 cm³/mol. The van der Waals surface area contributed by atoms with Crippen molar-refractivity contribution in [1.29, 1.82) is 0 Å². The van der Waals surface area contributed by atoms with Crippen LogP contribution in [0.15, 0.2) is 52.2 Å². The highest BCUT2D eigenvalue weighted by Crippen LogP contribution is 2.14. The van der Waals surface area contributed by atoms with Gasteiger partial charge >= 0.3 is 0 Å². The Hall–Kier alpha value is -2.76. The van der Waals surface area contributed by atoms with Gasteiger partial charge in [-0.25, -0.2) is 5.43 Å². The second kappa shape index (κ2) is 6.98. The Morgan fingerprint density at radius 3 is 2.80 bits per heavy atom. The summed E-state index contributed by atoms with van der Waals surface area (Å²) in [6.45, 7) is 0.127. The highest BCUT2D eigenvalue weighted by atomic mass is 16.5. The Balaban J connectivity index is 1.74. The second-order valence-corrected chi connectivity index (χ2v) is 3.89. The molecule has 0 spiro atoms. The first-order valence-electron chi connectivity index (χ1n) is 6.01. The molecule has 0 bridgehead atoms. The molecule has 104 valence electrons. The summed E-state index contributed by atoms with van der Waals surface area (Å²) in [5, 5.41) is 6.75. The summed E-state index contributed by atoms with van der Waals surface area (Å²) < 4.78 is 10.1. The van der Waals surface area contributed by atoms with Gasteiger partial charge in [0.15, 0.2) is 0 Å². The number of hydrogen-bond donors (Lipinski definition) is 2. The fourth-order valence-corrected chi connectivity index (χ4v) is 1.46. The van der Waals surface area contributed by atoms with E-state index in [0.717, 1.165) is 11.4 Å². The van der Waals surface area contributed by atoms with Crippen LogP contribution in [-0.4, -0.2) is 25.8 Å². The van der Waals surface area contributed by atoms with Crippen molar-refractivity contribution in [2.24, 2.45) is 5.10 Å². The Bertz CT molecular complexity index is 562. The van der Waals surface area contributed by atoms with E-state index in [4.69, 9.17) is 9.15 Å². The molecule has 0 fully saturated rings. The molecule has 2 rings (SSSR count). The maximum Gasteiger partial charge on any atom is 0.259 e. The molecule has 20 heavy (non-hydrogen) atoms. The van der Waals surface area contributed by atoms with Crippen LogP contribution in [0.5, 0.6) is 5.75 Å². The van der Waals surface area contributed by atoms with Gasteiger partial charge < -0.3 is 14.5 Å². The smallest absolute Gasteiger partial charge is 0.259 e. The largest absolute Gasteiger partial charge is 0.497 e. The van der Waals surface area contributed by atoms with Gasteiger partial charge in [-0.05, 0) is 36.4 Å². The molecule has 6 nitrogen and oxygen atoms in total. The van der Waals surface area contributed by atoms with Crippen molar-refractivity contribution in [2.75, 3.05) is 19.0 Å². The van der Waals surface area contributed by atoms with Crippen LogP contribution in [0.3, 0.4) is 0 Å². The molecule has 0 aliphatic heterocycles. The highest BCUT2D eigenvalue weighted by Gasteiger charge is 1.99. The zero-order chi connectivity index (χ0) is 14.2. The van der Waals surface area contributed by atoms with E-state index in [2.05, 4.69) is 15.8 Å². The quantitative estimate of drug-likeness (QED) is 0.622. The lowest BCUT2D eigenvalue weighted by atomic mass is 10.3. The van der Waals surface area contributed by atoms with Crippen molar-refractivity contribution >= 4 is 17.8 Å². The van der Waals surface area contributed by atoms with Crippen LogP contribution in [-0.2, 0) is 4.79 Å². The minimum absolute atomic E-state index is 0.127. The molecule has 0 aliphatic carbocycles. The number of ether oxygens (including phenoxy) is 1. The topological polar surface area (TPSA) is 75.9 Å². The number of amides is 1. The monoisotopic (exact) mass is 273 g/mol. The van der Waals surface area contributed by atoms with Crippen molar-refractivity contribution in [3.8, 4) is 5.75 Å². The van der Waals surface area contributed by atoms with E-state index in [1.807, 2.05) is 24.3 Å². The van der Waals surface area contributed by atoms with E-state index >= 15 is 0 Å². The molecule has 1 amide bonds. The van der Waals surface area contributed by atoms with Gasteiger partial charge in [0.25, 0.3) is 5.91 Å². The molecule has 0 unspecified atom stereocenters. The number of hydrazone groups is 1. The highest BCUT2D eigenvalue weighted by molar-refractivity contribution is 5.83. The van der Waals surface area contributed by atoms with Crippen molar-refractivity contribution in [3.63, 3.8) is 0 Å². The second-order valence-electron chi connectivity index (χ2n) is 3.89. The Kier molecular flexibility index (Phi) is 4.77. The van der Waals surface area contributed by atoms with Gasteiger partial charge in [-0.2, -0.15) is 5.10 Å². The first-order valence-corrected chi connectivity index (χ1v) is 6.01. The molecule has 0 saturated carbocycles. The van der Waals surface area contributed by atoms with Crippen LogP contribution in [0, 0.1) is 0 Å². The van der Waals surface area contributed by atoms with Gasteiger partial charge in [0.1, 0.15) is 11.5 Å². The van der Waals surface area contributed by atoms with Gasteiger partial charge in [0.05, 0.1) is 26.1 Å². The van der Waals surface area contributed by atoms with Gasteiger partial charge in [-0.15, -0.1) is 0 Å². The van der Waals surface area contributed by atoms with Crippen LogP contribution >= 0.6 is 0 Å². The first-order chi connectivity index (χ1) is 9.78. The maximum atomic E-state index is 11.5. The summed E-state index contributed by atoms with van der Waals surface area (Å²) in [5.74, 6) is 1.10. The summed E-state index contributed by atoms with van der Waals surface area (Å²) in [6, 6.07) is 10.8. The lowest BCUT2D eigenvalue weighted by Crippen LogP contribution is -2.25. The van der Waals surface area contributed by atoms with Crippen LogP contribution in [0.2, 0.25) is 0 Å². The number of carbonyl (C=O) groups excluding carboxylic acids is 1. The molecule has 1 heterocycles. The third-order valence-electron chi connectivity index (χ3n) is 2.47. The SMILES string of the molecule is COc1ccc(NCC(=O)N/N=C/c2ccco2)cc1. The van der Waals surface area contributed by atoms with E-state index in [1.54, 1.807) is 19.2 Å². The zero-order valence-corrected chi connectivity index (χ0v) is 11.0. The number of rotatable bonds is 6. The maximum absolute atomic E-state index is 11.5. The molecule has 1 aromatic heterocycles. The first kappa shape index (κ1) is 13.7. The Morgan fingerprint density at radius 1 is 1.35 bits per heavy atom. The number of hydrogen-bond acceptors (Lipinski definition) is 5. The number of furan rings is 1. The lowest BCUT2D eigenvalue weighted by Gasteiger charge is -2.06. The fourth-order valence-electron chi connectivity index (χ4n) is 1.46. The number of nitrogens with one attached hydrogen (secondary N) is 2. The van der Waals surface area contributed by atoms with E-state index in [9.17, 15) is 4.79 Å². The minimum Gasteiger partial charge on any atom is -0.497 e. The summed E-state index contributed by atoms with van der Waals surface area (Å²) in [5.41, 5.74) is 3.23. The van der Waals surface area contributed by atoms with Gasteiger partial charge in [-0.1, -0.05) is 0 Å². The molecule has 0 atom stereocenters. The van der Waals surface area contributed by atoms with Crippen LogP contribution in [0.1, 0.15) is 5.76 Å². The van der Waals surface area contributed by atoms with Crippen molar-refractivity contribution in [1.82, 2.24) is 5.43 Å². The molecule has 1 aromatic carbocycles. The van der Waals surface area contributed by atoms with Crippen molar-refractivity contribution in [2.45, 2.75) is 0 Å². The van der Waals surface area contributed by atoms with Gasteiger partial charge in [-0.3, -0.25) is 4.79 Å². The standard InChI is InChI=1S/C14H15N3O3/c1-19-12-6-4-11(5-7-12)15-10-14(18)17-16-9-13-3-2-8-20-13/h2-9,15H,10H2,1H3,(H,17,18)/b16-9+. The third kappa shape index (κ3) is 4.16. The summed E-state index contributed by atoms with van der Waals surface area (Å²) >= 11 is 0. The molecular weight excluding hydrogens is 258 g/mol. The van der Waals surface area contributed by atoms with Crippen LogP contribution in [0.25, 0.3) is 0 Å². The predicted octanol–water partition coefficient (Wildman–Crippen LogP) is 1.85. The average molecular weight is 273 g/mol. The zero-order valence-electron chi connectivity index (χ0n) is 11.0. The molecule has 2 N–H and O–H groups in total. The number of nitrogens with zero attached hydrogens (tertiary/aromatic N) is 1.